The predicted molar refractivity (Wildman–Crippen MR) is 119 cm³/mol. The van der Waals surface area contributed by atoms with E-state index in [1.807, 2.05) is 36.5 Å². The smallest absolute Gasteiger partial charge is 0.278 e. The van der Waals surface area contributed by atoms with E-state index in [-0.39, 0.29) is 30.8 Å². The highest BCUT2D eigenvalue weighted by molar-refractivity contribution is 5.95. The van der Waals surface area contributed by atoms with Crippen molar-refractivity contribution in [3.63, 3.8) is 0 Å². The van der Waals surface area contributed by atoms with Gasteiger partial charge in [0.15, 0.2) is 11.5 Å². The highest BCUT2D eigenvalue weighted by atomic mass is 16.7. The van der Waals surface area contributed by atoms with Crippen LogP contribution in [0.15, 0.2) is 65.8 Å². The minimum atomic E-state index is -0.249. The van der Waals surface area contributed by atoms with Gasteiger partial charge in [0.05, 0.1) is 6.33 Å². The van der Waals surface area contributed by atoms with E-state index in [9.17, 15) is 9.59 Å². The van der Waals surface area contributed by atoms with Crippen LogP contribution in [0.3, 0.4) is 0 Å². The summed E-state index contributed by atoms with van der Waals surface area (Å²) in [7, 11) is 0. The molecule has 2 aromatic heterocycles. The third-order valence-corrected chi connectivity index (χ3v) is 5.80. The number of fused-ring (bicyclic) bond motifs is 2. The molecule has 0 radical (unpaired) electrons. The fourth-order valence-electron chi connectivity index (χ4n) is 4.09. The molecule has 4 aromatic rings. The van der Waals surface area contributed by atoms with Crippen LogP contribution in [-0.2, 0) is 11.3 Å². The largest absolute Gasteiger partial charge is 0.454 e. The second-order valence-corrected chi connectivity index (χ2v) is 8.04. The van der Waals surface area contributed by atoms with Gasteiger partial charge in [-0.3, -0.25) is 14.2 Å². The zero-order valence-corrected chi connectivity index (χ0v) is 17.2. The SMILES string of the molecule is O=C(Cn1cc(-c2ccccc2)c2ncn(C3CC3)c(=O)c21)Nc1ccc2c(c1)OCO2. The van der Waals surface area contributed by atoms with Crippen LogP contribution in [0.4, 0.5) is 5.69 Å². The maximum Gasteiger partial charge on any atom is 0.278 e. The zero-order chi connectivity index (χ0) is 21.7. The summed E-state index contributed by atoms with van der Waals surface area (Å²) >= 11 is 0. The first kappa shape index (κ1) is 18.7. The second-order valence-electron chi connectivity index (χ2n) is 8.04. The van der Waals surface area contributed by atoms with Crippen molar-refractivity contribution in [3.8, 4) is 22.6 Å². The lowest BCUT2D eigenvalue weighted by Crippen LogP contribution is -2.24. The summed E-state index contributed by atoms with van der Waals surface area (Å²) in [5.41, 5.74) is 3.32. The first-order chi connectivity index (χ1) is 15.7. The molecule has 6 rings (SSSR count). The predicted octanol–water partition coefficient (Wildman–Crippen LogP) is 3.57. The summed E-state index contributed by atoms with van der Waals surface area (Å²) in [5.74, 6) is 0.998. The number of hydrogen-bond acceptors (Lipinski definition) is 5. The number of benzene rings is 2. The Kier molecular flexibility index (Phi) is 4.24. The van der Waals surface area contributed by atoms with Crippen LogP contribution >= 0.6 is 0 Å². The Bertz CT molecular complexity index is 1400. The number of hydrogen-bond donors (Lipinski definition) is 1. The molecule has 0 bridgehead atoms. The van der Waals surface area contributed by atoms with E-state index in [0.29, 0.717) is 28.2 Å². The van der Waals surface area contributed by atoms with Gasteiger partial charge in [-0.1, -0.05) is 30.3 Å². The van der Waals surface area contributed by atoms with Crippen LogP contribution in [0.1, 0.15) is 18.9 Å². The molecule has 2 aliphatic rings. The van der Waals surface area contributed by atoms with E-state index in [4.69, 9.17) is 9.47 Å². The summed E-state index contributed by atoms with van der Waals surface area (Å²) < 4.78 is 14.1. The quantitative estimate of drug-likeness (QED) is 0.525. The first-order valence-corrected chi connectivity index (χ1v) is 10.5. The average Bonchev–Trinajstić information content (AvgIpc) is 3.42. The van der Waals surface area contributed by atoms with E-state index in [0.717, 1.165) is 24.0 Å². The molecule has 32 heavy (non-hydrogen) atoms. The normalized spacial score (nSPS) is 14.6. The van der Waals surface area contributed by atoms with Gasteiger partial charge < -0.3 is 19.4 Å². The average molecular weight is 428 g/mol. The molecule has 8 heteroatoms. The van der Waals surface area contributed by atoms with Gasteiger partial charge in [-0.05, 0) is 30.5 Å². The third kappa shape index (κ3) is 3.20. The molecule has 1 fully saturated rings. The van der Waals surface area contributed by atoms with E-state index in [2.05, 4.69) is 10.3 Å². The molecule has 1 aliphatic heterocycles. The molecule has 8 nitrogen and oxygen atoms in total. The Labute approximate surface area is 183 Å². The van der Waals surface area contributed by atoms with Crippen molar-refractivity contribution in [2.24, 2.45) is 0 Å². The monoisotopic (exact) mass is 428 g/mol. The van der Waals surface area contributed by atoms with Gasteiger partial charge in [0.1, 0.15) is 17.6 Å². The van der Waals surface area contributed by atoms with Crippen LogP contribution in [0, 0.1) is 0 Å². The lowest BCUT2D eigenvalue weighted by Gasteiger charge is -2.09. The summed E-state index contributed by atoms with van der Waals surface area (Å²) in [6.07, 6.45) is 5.42. The van der Waals surface area contributed by atoms with Gasteiger partial charge in [0.2, 0.25) is 12.7 Å². The summed E-state index contributed by atoms with van der Waals surface area (Å²) in [6, 6.07) is 15.2. The van der Waals surface area contributed by atoms with Crippen LogP contribution in [0.5, 0.6) is 11.5 Å². The van der Waals surface area contributed by atoms with Gasteiger partial charge in [-0.2, -0.15) is 0 Å². The Morgan fingerprint density at radius 1 is 1.09 bits per heavy atom. The van der Waals surface area contributed by atoms with Crippen molar-refractivity contribution < 1.29 is 14.3 Å². The van der Waals surface area contributed by atoms with Crippen LogP contribution < -0.4 is 20.3 Å². The van der Waals surface area contributed by atoms with E-state index in [1.54, 1.807) is 33.7 Å². The van der Waals surface area contributed by atoms with Gasteiger partial charge in [0.25, 0.3) is 5.56 Å². The number of carbonyl (C=O) groups is 1. The lowest BCUT2D eigenvalue weighted by molar-refractivity contribution is -0.116. The van der Waals surface area contributed by atoms with Crippen molar-refractivity contribution in [2.75, 3.05) is 12.1 Å². The summed E-state index contributed by atoms with van der Waals surface area (Å²) in [6.45, 7) is 0.161. The van der Waals surface area contributed by atoms with E-state index < -0.39 is 0 Å². The molecule has 3 heterocycles. The maximum absolute atomic E-state index is 13.3. The van der Waals surface area contributed by atoms with Crippen LogP contribution in [0.2, 0.25) is 0 Å². The fraction of sp³-hybridized carbons (Fsp3) is 0.208. The molecule has 0 saturated heterocycles. The van der Waals surface area contributed by atoms with E-state index >= 15 is 0 Å². The molecule has 1 saturated carbocycles. The molecule has 1 amide bonds. The highest BCUT2D eigenvalue weighted by Gasteiger charge is 2.27. The minimum Gasteiger partial charge on any atom is -0.454 e. The summed E-state index contributed by atoms with van der Waals surface area (Å²) in [4.78, 5) is 30.8. The molecule has 1 aliphatic carbocycles. The van der Waals surface area contributed by atoms with Crippen molar-refractivity contribution in [1.82, 2.24) is 14.1 Å². The van der Waals surface area contributed by atoms with Gasteiger partial charge in [-0.25, -0.2) is 4.98 Å². The number of aromatic nitrogens is 3. The second kappa shape index (κ2) is 7.26. The molecule has 0 atom stereocenters. The van der Waals surface area contributed by atoms with Crippen molar-refractivity contribution in [2.45, 2.75) is 25.4 Å². The first-order valence-electron chi connectivity index (χ1n) is 10.5. The summed E-state index contributed by atoms with van der Waals surface area (Å²) in [5, 5.41) is 2.88. The molecule has 1 N–H and O–H groups in total. The highest BCUT2D eigenvalue weighted by Crippen LogP contribution is 2.35. The Morgan fingerprint density at radius 3 is 2.72 bits per heavy atom. The Balaban J connectivity index is 1.37. The molecular weight excluding hydrogens is 408 g/mol. The number of carbonyl (C=O) groups excluding carboxylic acids is 1. The van der Waals surface area contributed by atoms with Crippen molar-refractivity contribution in [3.05, 3.63) is 71.4 Å². The molecular formula is C24H20N4O4. The molecule has 0 unspecified atom stereocenters. The van der Waals surface area contributed by atoms with Crippen LogP contribution in [0.25, 0.3) is 22.2 Å². The minimum absolute atomic E-state index is 0.0105. The fourth-order valence-corrected chi connectivity index (χ4v) is 4.09. The Morgan fingerprint density at radius 2 is 1.91 bits per heavy atom. The number of amides is 1. The topological polar surface area (TPSA) is 87.4 Å². The van der Waals surface area contributed by atoms with Gasteiger partial charge >= 0.3 is 0 Å². The number of rotatable bonds is 5. The standard InChI is InChI=1S/C24H20N4O4/c29-21(26-16-6-9-19-20(10-16)32-14-31-19)12-27-11-18(15-4-2-1-3-5-15)22-23(27)24(30)28(13-25-22)17-7-8-17/h1-6,9-11,13,17H,7-8,12,14H2,(H,26,29). The zero-order valence-electron chi connectivity index (χ0n) is 17.2. The number of anilines is 1. The number of ether oxygens (including phenoxy) is 2. The Hall–Kier alpha value is -4.07. The maximum atomic E-state index is 13.3. The molecule has 0 spiro atoms. The van der Waals surface area contributed by atoms with Gasteiger partial charge in [-0.15, -0.1) is 0 Å². The molecule has 160 valence electrons. The van der Waals surface area contributed by atoms with Crippen molar-refractivity contribution >= 4 is 22.6 Å². The number of nitrogens with zero attached hydrogens (tertiary/aromatic N) is 3. The third-order valence-electron chi connectivity index (χ3n) is 5.80. The van der Waals surface area contributed by atoms with Crippen LogP contribution in [-0.4, -0.2) is 26.8 Å². The lowest BCUT2D eigenvalue weighted by atomic mass is 10.1. The van der Waals surface area contributed by atoms with E-state index in [1.165, 1.54) is 0 Å². The van der Waals surface area contributed by atoms with Gasteiger partial charge in [0, 0.05) is 29.6 Å². The van der Waals surface area contributed by atoms with Crippen molar-refractivity contribution in [1.29, 1.82) is 0 Å². The molecule has 2 aromatic carbocycles. The number of nitrogens with one attached hydrogen (secondary N) is 1.